The molecule has 0 fully saturated rings. The second-order valence-corrected chi connectivity index (χ2v) is 7.48. The van der Waals surface area contributed by atoms with Crippen molar-refractivity contribution in [1.82, 2.24) is 0 Å². The van der Waals surface area contributed by atoms with E-state index in [1.54, 1.807) is 0 Å². The van der Waals surface area contributed by atoms with E-state index in [9.17, 15) is 0 Å². The smallest absolute Gasteiger partial charge is 0.209 e. The number of hydrogen-bond acceptors (Lipinski definition) is 1. The molecule has 2 heterocycles. The average Bonchev–Trinajstić information content (AvgIpc) is 3.14. The lowest BCUT2D eigenvalue weighted by molar-refractivity contribution is -0.401. The highest BCUT2D eigenvalue weighted by molar-refractivity contribution is 6.03. The van der Waals surface area contributed by atoms with Gasteiger partial charge in [-0.3, -0.25) is 0 Å². The number of para-hydroxylation sites is 2. The van der Waals surface area contributed by atoms with Crippen molar-refractivity contribution < 1.29 is 4.58 Å². The van der Waals surface area contributed by atoms with Gasteiger partial charge in [-0.05, 0) is 31.6 Å². The summed E-state index contributed by atoms with van der Waals surface area (Å²) >= 11 is 0. The Labute approximate surface area is 155 Å². The Morgan fingerprint density at radius 3 is 2.54 bits per heavy atom. The van der Waals surface area contributed by atoms with E-state index in [0.29, 0.717) is 0 Å². The van der Waals surface area contributed by atoms with Crippen LogP contribution < -0.4 is 5.32 Å². The first kappa shape index (κ1) is 16.6. The van der Waals surface area contributed by atoms with E-state index >= 15 is 0 Å². The third-order valence-electron chi connectivity index (χ3n) is 5.41. The van der Waals surface area contributed by atoms with Crippen molar-refractivity contribution in [2.24, 2.45) is 0 Å². The fourth-order valence-electron chi connectivity index (χ4n) is 4.00. The van der Waals surface area contributed by atoms with Gasteiger partial charge in [-0.15, -0.1) is 0 Å². The van der Waals surface area contributed by atoms with E-state index < -0.39 is 0 Å². The van der Waals surface area contributed by atoms with Crippen LogP contribution in [0, 0.1) is 0 Å². The van der Waals surface area contributed by atoms with E-state index in [2.05, 4.69) is 110 Å². The van der Waals surface area contributed by atoms with Crippen LogP contribution in [0.2, 0.25) is 0 Å². The van der Waals surface area contributed by atoms with Crippen LogP contribution in [0.5, 0.6) is 0 Å². The number of anilines is 1. The first-order valence-electron chi connectivity index (χ1n) is 9.17. The number of rotatable bonds is 3. The number of hydrogen-bond donors (Lipinski definition) is 1. The molecular weight excluding hydrogens is 316 g/mol. The molecule has 0 unspecified atom stereocenters. The summed E-state index contributed by atoms with van der Waals surface area (Å²) in [7, 11) is 2.15. The lowest BCUT2D eigenvalue weighted by Gasteiger charge is -2.14. The SMILES string of the molecule is C[N+]1=C(C=CC=CC=C2Cc3ccccc3N2)C(C)(C)c2ccccc21. The molecule has 2 aliphatic rings. The second kappa shape index (κ2) is 6.45. The molecule has 0 bridgehead atoms. The summed E-state index contributed by atoms with van der Waals surface area (Å²) in [5, 5.41) is 3.47. The molecule has 0 radical (unpaired) electrons. The average molecular weight is 341 g/mol. The van der Waals surface area contributed by atoms with Crippen molar-refractivity contribution in [1.29, 1.82) is 0 Å². The Bertz CT molecular complexity index is 944. The summed E-state index contributed by atoms with van der Waals surface area (Å²) in [6.45, 7) is 4.58. The highest BCUT2D eigenvalue weighted by Gasteiger charge is 2.42. The van der Waals surface area contributed by atoms with E-state index in [1.165, 1.54) is 33.9 Å². The molecule has 0 amide bonds. The van der Waals surface area contributed by atoms with Crippen LogP contribution in [0.4, 0.5) is 11.4 Å². The second-order valence-electron chi connectivity index (χ2n) is 7.48. The van der Waals surface area contributed by atoms with Gasteiger partial charge in [-0.1, -0.05) is 54.6 Å². The van der Waals surface area contributed by atoms with Gasteiger partial charge in [0.2, 0.25) is 5.69 Å². The number of benzene rings is 2. The summed E-state index contributed by atoms with van der Waals surface area (Å²) in [4.78, 5) is 0. The van der Waals surface area contributed by atoms with Gasteiger partial charge in [0.05, 0.1) is 5.41 Å². The molecule has 130 valence electrons. The molecule has 0 aliphatic carbocycles. The van der Waals surface area contributed by atoms with E-state index in [0.717, 1.165) is 6.42 Å². The van der Waals surface area contributed by atoms with Crippen molar-refractivity contribution in [3.05, 3.63) is 95.7 Å². The zero-order valence-corrected chi connectivity index (χ0v) is 15.7. The Hall–Kier alpha value is -2.87. The van der Waals surface area contributed by atoms with Gasteiger partial charge < -0.3 is 5.32 Å². The van der Waals surface area contributed by atoms with Crippen molar-refractivity contribution in [2.75, 3.05) is 12.4 Å². The minimum Gasteiger partial charge on any atom is -0.358 e. The summed E-state index contributed by atoms with van der Waals surface area (Å²) in [5.41, 5.74) is 7.88. The Balaban J connectivity index is 1.47. The fraction of sp³-hybridized carbons (Fsp3) is 0.208. The molecule has 2 aliphatic heterocycles. The molecule has 4 rings (SSSR count). The van der Waals surface area contributed by atoms with Crippen molar-refractivity contribution >= 4 is 17.1 Å². The molecule has 2 aromatic rings. The molecule has 1 N–H and O–H groups in total. The monoisotopic (exact) mass is 341 g/mol. The molecule has 26 heavy (non-hydrogen) atoms. The van der Waals surface area contributed by atoms with Gasteiger partial charge >= 0.3 is 0 Å². The Kier molecular flexibility index (Phi) is 4.12. The number of allylic oxidation sites excluding steroid dienone is 6. The summed E-state index contributed by atoms with van der Waals surface area (Å²) in [5.74, 6) is 0. The molecule has 0 spiro atoms. The van der Waals surface area contributed by atoms with Crippen LogP contribution in [0.1, 0.15) is 25.0 Å². The molecule has 0 aromatic heterocycles. The van der Waals surface area contributed by atoms with Crippen LogP contribution in [0.25, 0.3) is 0 Å². The molecule has 2 nitrogen and oxygen atoms in total. The maximum atomic E-state index is 3.47. The lowest BCUT2D eigenvalue weighted by atomic mass is 9.81. The van der Waals surface area contributed by atoms with Crippen LogP contribution in [-0.2, 0) is 11.8 Å². The largest absolute Gasteiger partial charge is 0.358 e. The van der Waals surface area contributed by atoms with Crippen LogP contribution >= 0.6 is 0 Å². The molecule has 0 saturated heterocycles. The van der Waals surface area contributed by atoms with Crippen molar-refractivity contribution in [3.63, 3.8) is 0 Å². The third kappa shape index (κ3) is 2.82. The van der Waals surface area contributed by atoms with E-state index in [-0.39, 0.29) is 5.41 Å². The van der Waals surface area contributed by atoms with Gasteiger partial charge in [-0.25, -0.2) is 0 Å². The zero-order valence-electron chi connectivity index (χ0n) is 15.7. The number of fused-ring (bicyclic) bond motifs is 2. The van der Waals surface area contributed by atoms with Crippen LogP contribution in [0.3, 0.4) is 0 Å². The van der Waals surface area contributed by atoms with Crippen molar-refractivity contribution in [3.8, 4) is 0 Å². The normalized spacial score (nSPS) is 19.4. The van der Waals surface area contributed by atoms with Crippen LogP contribution in [0.15, 0.2) is 84.6 Å². The first-order chi connectivity index (χ1) is 12.6. The highest BCUT2D eigenvalue weighted by Crippen LogP contribution is 2.38. The quantitative estimate of drug-likeness (QED) is 0.587. The lowest BCUT2D eigenvalue weighted by Crippen LogP contribution is -2.26. The highest BCUT2D eigenvalue weighted by atomic mass is 15.0. The fourth-order valence-corrected chi connectivity index (χ4v) is 4.00. The zero-order chi connectivity index (χ0) is 18.1. The van der Waals surface area contributed by atoms with E-state index in [1.807, 2.05) is 0 Å². The van der Waals surface area contributed by atoms with Gasteiger partial charge in [0.1, 0.15) is 7.05 Å². The van der Waals surface area contributed by atoms with Gasteiger partial charge in [0.15, 0.2) is 5.71 Å². The summed E-state index contributed by atoms with van der Waals surface area (Å²) < 4.78 is 2.30. The standard InChI is InChI=1S/C24H24N2/c1-24(2)20-13-8-10-15-22(20)26(3)23(24)16-6-4-5-12-19-17-18-11-7-9-14-21(18)25-19/h4-16H,17H2,1-3H3/p+1. The predicted octanol–water partition coefficient (Wildman–Crippen LogP) is 5.36. The van der Waals surface area contributed by atoms with Crippen molar-refractivity contribution in [2.45, 2.75) is 25.7 Å². The Morgan fingerprint density at radius 2 is 1.73 bits per heavy atom. The van der Waals surface area contributed by atoms with Gasteiger partial charge in [0.25, 0.3) is 0 Å². The Morgan fingerprint density at radius 1 is 0.962 bits per heavy atom. The molecule has 0 saturated carbocycles. The third-order valence-corrected chi connectivity index (χ3v) is 5.41. The number of nitrogens with one attached hydrogen (secondary N) is 1. The molecule has 0 atom stereocenters. The predicted molar refractivity (Wildman–Crippen MR) is 110 cm³/mol. The maximum Gasteiger partial charge on any atom is 0.209 e. The van der Waals surface area contributed by atoms with Gasteiger partial charge in [0, 0.05) is 35.5 Å². The first-order valence-corrected chi connectivity index (χ1v) is 9.17. The summed E-state index contributed by atoms with van der Waals surface area (Å²) in [6.07, 6.45) is 11.7. The maximum absolute atomic E-state index is 3.47. The molecule has 2 heteroatoms. The minimum absolute atomic E-state index is 0.0306. The van der Waals surface area contributed by atoms with E-state index in [4.69, 9.17) is 0 Å². The summed E-state index contributed by atoms with van der Waals surface area (Å²) in [6, 6.07) is 17.1. The molecule has 2 aromatic carbocycles. The molecular formula is C24H25N2+. The van der Waals surface area contributed by atoms with Crippen LogP contribution in [-0.4, -0.2) is 17.3 Å². The number of nitrogens with zero attached hydrogens (tertiary/aromatic N) is 1. The topological polar surface area (TPSA) is 15.0 Å². The minimum atomic E-state index is 0.0306. The van der Waals surface area contributed by atoms with Gasteiger partial charge in [-0.2, -0.15) is 4.58 Å².